The van der Waals surface area contributed by atoms with Gasteiger partial charge in [-0.15, -0.1) is 0 Å². The number of benzene rings is 1. The van der Waals surface area contributed by atoms with Gasteiger partial charge in [-0.05, 0) is 24.6 Å². The van der Waals surface area contributed by atoms with Gasteiger partial charge in [0.2, 0.25) is 6.41 Å². The summed E-state index contributed by atoms with van der Waals surface area (Å²) in [6.45, 7) is 1.99. The number of carbonyl (C=O) groups is 1. The monoisotopic (exact) mass is 230 g/mol. The molecule has 0 aliphatic heterocycles. The average Bonchev–Trinajstić information content (AvgIpc) is 2.24. The van der Waals surface area contributed by atoms with Crippen LogP contribution in [0.1, 0.15) is 5.56 Å². The summed E-state index contributed by atoms with van der Waals surface area (Å²) in [6.07, 6.45) is 0.444. The predicted molar refractivity (Wildman–Crippen MR) is 62.3 cm³/mol. The summed E-state index contributed by atoms with van der Waals surface area (Å²) >= 11 is 5.85. The second-order valence-corrected chi connectivity index (χ2v) is 2.98. The van der Waals surface area contributed by atoms with Crippen LogP contribution in [-0.4, -0.2) is 13.5 Å². The topological polar surface area (TPSA) is 79.2 Å². The van der Waals surface area contributed by atoms with Gasteiger partial charge >= 0.3 is 0 Å². The van der Waals surface area contributed by atoms with Crippen LogP contribution in [0.25, 0.3) is 0 Å². The predicted octanol–water partition coefficient (Wildman–Crippen LogP) is 0.801. The lowest BCUT2D eigenvalue weighted by molar-refractivity contribution is -0.110. The van der Waals surface area contributed by atoms with E-state index >= 15 is 0 Å². The SMILES string of the molecule is CNc1cccc(Cl)c1C.NNNC=O. The summed E-state index contributed by atoms with van der Waals surface area (Å²) in [7, 11) is 1.89. The maximum absolute atomic E-state index is 9.15. The highest BCUT2D eigenvalue weighted by Gasteiger charge is 1.97. The van der Waals surface area contributed by atoms with Crippen molar-refractivity contribution in [2.75, 3.05) is 12.4 Å². The molecule has 0 fully saturated rings. The molecule has 0 aliphatic carbocycles. The van der Waals surface area contributed by atoms with Crippen molar-refractivity contribution in [3.8, 4) is 0 Å². The third-order valence-electron chi connectivity index (χ3n) is 1.68. The van der Waals surface area contributed by atoms with E-state index in [1.54, 1.807) is 0 Å². The molecule has 0 spiro atoms. The van der Waals surface area contributed by atoms with Gasteiger partial charge in [-0.2, -0.15) is 5.53 Å². The molecule has 1 aromatic rings. The minimum atomic E-state index is 0.444. The van der Waals surface area contributed by atoms with Crippen LogP contribution < -0.4 is 22.1 Å². The lowest BCUT2D eigenvalue weighted by atomic mass is 10.2. The summed E-state index contributed by atoms with van der Waals surface area (Å²) in [5.74, 6) is 4.55. The highest BCUT2D eigenvalue weighted by atomic mass is 35.5. The first-order chi connectivity index (χ1) is 7.17. The van der Waals surface area contributed by atoms with E-state index in [9.17, 15) is 0 Å². The zero-order valence-corrected chi connectivity index (χ0v) is 9.43. The van der Waals surface area contributed by atoms with Crippen LogP contribution in [0.15, 0.2) is 18.2 Å². The molecule has 0 saturated carbocycles. The van der Waals surface area contributed by atoms with E-state index in [1.165, 1.54) is 0 Å². The first kappa shape index (κ1) is 13.7. The first-order valence-electron chi connectivity index (χ1n) is 4.25. The number of hydrogen-bond acceptors (Lipinski definition) is 4. The van der Waals surface area contributed by atoms with Crippen LogP contribution in [0.4, 0.5) is 5.69 Å². The van der Waals surface area contributed by atoms with Crippen LogP contribution in [-0.2, 0) is 4.79 Å². The van der Waals surface area contributed by atoms with Crippen LogP contribution in [0.2, 0.25) is 5.02 Å². The molecule has 5 nitrogen and oxygen atoms in total. The summed E-state index contributed by atoms with van der Waals surface area (Å²) in [4.78, 5) is 9.15. The lowest BCUT2D eigenvalue weighted by Crippen LogP contribution is -2.36. The Labute approximate surface area is 93.9 Å². The number of nitrogens with two attached hydrogens (primary N) is 1. The van der Waals surface area contributed by atoms with Gasteiger partial charge < -0.3 is 5.32 Å². The van der Waals surface area contributed by atoms with Gasteiger partial charge in [0.1, 0.15) is 0 Å². The van der Waals surface area contributed by atoms with E-state index in [1.807, 2.05) is 43.1 Å². The van der Waals surface area contributed by atoms with Gasteiger partial charge in [0.15, 0.2) is 0 Å². The Morgan fingerprint density at radius 2 is 2.13 bits per heavy atom. The molecule has 0 atom stereocenters. The number of hydrogen-bond donors (Lipinski definition) is 4. The van der Waals surface area contributed by atoms with Gasteiger partial charge in [0, 0.05) is 17.8 Å². The Morgan fingerprint density at radius 3 is 2.47 bits per heavy atom. The van der Waals surface area contributed by atoms with E-state index in [0.29, 0.717) is 6.41 Å². The molecule has 1 aromatic carbocycles. The van der Waals surface area contributed by atoms with Crippen molar-refractivity contribution in [2.24, 2.45) is 5.84 Å². The van der Waals surface area contributed by atoms with Crippen molar-refractivity contribution in [1.29, 1.82) is 0 Å². The molecule has 0 heterocycles. The van der Waals surface area contributed by atoms with E-state index < -0.39 is 0 Å². The molecule has 6 heteroatoms. The molecule has 0 saturated heterocycles. The summed E-state index contributed by atoms with van der Waals surface area (Å²) in [5, 5.41) is 3.86. The molecular weight excluding hydrogens is 216 g/mol. The molecule has 84 valence electrons. The van der Waals surface area contributed by atoms with Gasteiger partial charge in [-0.3, -0.25) is 16.1 Å². The van der Waals surface area contributed by atoms with Crippen molar-refractivity contribution >= 4 is 23.7 Å². The quantitative estimate of drug-likeness (QED) is 0.352. The Hall–Kier alpha value is -1.30. The Balaban J connectivity index is 0.000000336. The zero-order chi connectivity index (χ0) is 11.7. The first-order valence-corrected chi connectivity index (χ1v) is 4.62. The average molecular weight is 231 g/mol. The molecule has 5 N–H and O–H groups in total. The molecular formula is C9H15ClN4O. The largest absolute Gasteiger partial charge is 0.388 e. The van der Waals surface area contributed by atoms with Crippen LogP contribution in [0.3, 0.4) is 0 Å². The van der Waals surface area contributed by atoms with Gasteiger partial charge in [-0.1, -0.05) is 17.7 Å². The summed E-state index contributed by atoms with van der Waals surface area (Å²) < 4.78 is 0. The van der Waals surface area contributed by atoms with E-state index in [2.05, 4.69) is 11.2 Å². The lowest BCUT2D eigenvalue weighted by Gasteiger charge is -2.04. The molecule has 0 radical (unpaired) electrons. The fourth-order valence-electron chi connectivity index (χ4n) is 0.912. The highest BCUT2D eigenvalue weighted by molar-refractivity contribution is 6.31. The van der Waals surface area contributed by atoms with Crippen LogP contribution >= 0.6 is 11.6 Å². The second-order valence-electron chi connectivity index (χ2n) is 2.57. The van der Waals surface area contributed by atoms with E-state index in [4.69, 9.17) is 16.4 Å². The maximum Gasteiger partial charge on any atom is 0.222 e. The Bertz CT molecular complexity index is 306. The number of carbonyl (C=O) groups excluding carboxylic acids is 1. The summed E-state index contributed by atoms with van der Waals surface area (Å²) in [5.41, 5.74) is 6.05. The van der Waals surface area contributed by atoms with Crippen molar-refractivity contribution in [3.63, 3.8) is 0 Å². The molecule has 0 bridgehead atoms. The Kier molecular flexibility index (Phi) is 7.35. The highest BCUT2D eigenvalue weighted by Crippen LogP contribution is 2.21. The van der Waals surface area contributed by atoms with Crippen LogP contribution in [0.5, 0.6) is 0 Å². The normalized spacial score (nSPS) is 8.53. The molecule has 15 heavy (non-hydrogen) atoms. The fourth-order valence-corrected chi connectivity index (χ4v) is 1.09. The van der Waals surface area contributed by atoms with Crippen molar-refractivity contribution in [3.05, 3.63) is 28.8 Å². The Morgan fingerprint density at radius 1 is 1.47 bits per heavy atom. The fraction of sp³-hybridized carbons (Fsp3) is 0.222. The summed E-state index contributed by atoms with van der Waals surface area (Å²) in [6, 6.07) is 5.82. The third-order valence-corrected chi connectivity index (χ3v) is 2.09. The number of hydrazine groups is 2. The number of halogens is 1. The smallest absolute Gasteiger partial charge is 0.222 e. The second kappa shape index (κ2) is 8.05. The van der Waals surface area contributed by atoms with Gasteiger partial charge in [-0.25, -0.2) is 0 Å². The van der Waals surface area contributed by atoms with Crippen molar-refractivity contribution in [1.82, 2.24) is 11.0 Å². The van der Waals surface area contributed by atoms with E-state index in [-0.39, 0.29) is 0 Å². The zero-order valence-electron chi connectivity index (χ0n) is 8.67. The molecule has 0 aromatic heterocycles. The molecule has 1 amide bonds. The number of nitrogens with one attached hydrogen (secondary N) is 3. The minimum Gasteiger partial charge on any atom is -0.388 e. The standard InChI is InChI=1S/C8H10ClN.CH5N3O/c1-6-7(9)4-3-5-8(6)10-2;2-4-3-1-5/h3-5,10H,1-2H3;1,4H,2H2,(H,3,5). The van der Waals surface area contributed by atoms with Crippen LogP contribution in [0, 0.1) is 6.92 Å². The maximum atomic E-state index is 9.15. The number of amides is 1. The van der Waals surface area contributed by atoms with Crippen molar-refractivity contribution in [2.45, 2.75) is 6.92 Å². The molecule has 0 unspecified atom stereocenters. The minimum absolute atomic E-state index is 0.444. The van der Waals surface area contributed by atoms with E-state index in [0.717, 1.165) is 16.3 Å². The van der Waals surface area contributed by atoms with Crippen molar-refractivity contribution < 1.29 is 4.79 Å². The third kappa shape index (κ3) is 5.21. The molecule has 1 rings (SSSR count). The molecule has 0 aliphatic rings. The number of rotatable bonds is 3. The number of anilines is 1. The van der Waals surface area contributed by atoms with Gasteiger partial charge in [0.05, 0.1) is 0 Å². The van der Waals surface area contributed by atoms with Gasteiger partial charge in [0.25, 0.3) is 0 Å².